The third kappa shape index (κ3) is 3.32. The summed E-state index contributed by atoms with van der Waals surface area (Å²) in [4.78, 5) is 31.2. The molecule has 8 heteroatoms. The molecule has 0 bridgehead atoms. The Morgan fingerprint density at radius 3 is 2.85 bits per heavy atom. The quantitative estimate of drug-likeness (QED) is 0.726. The van der Waals surface area contributed by atoms with Crippen LogP contribution in [0.2, 0.25) is 0 Å². The second-order valence-corrected chi connectivity index (χ2v) is 8.63. The molecule has 1 atom stereocenters. The molecule has 27 heavy (non-hydrogen) atoms. The molecule has 0 unspecified atom stereocenters. The Bertz CT molecular complexity index is 1020. The Labute approximate surface area is 160 Å². The number of hydrogen-bond donors (Lipinski definition) is 2. The fourth-order valence-corrected chi connectivity index (χ4v) is 4.07. The molecule has 4 rings (SSSR count). The maximum absolute atomic E-state index is 12.6. The molecule has 0 saturated carbocycles. The van der Waals surface area contributed by atoms with Crippen LogP contribution >= 0.6 is 11.3 Å². The molecule has 140 valence electrons. The first-order valence-electron chi connectivity index (χ1n) is 8.83. The fraction of sp³-hybridized carbons (Fsp3) is 0.368. The predicted octanol–water partition coefficient (Wildman–Crippen LogP) is 3.31. The van der Waals surface area contributed by atoms with E-state index in [1.807, 2.05) is 29.6 Å². The molecule has 1 fully saturated rings. The fourth-order valence-electron chi connectivity index (χ4n) is 3.13. The Hall–Kier alpha value is -2.74. The molecule has 0 radical (unpaired) electrons. The zero-order valence-electron chi connectivity index (χ0n) is 15.4. The number of para-hydroxylation sites is 1. The summed E-state index contributed by atoms with van der Waals surface area (Å²) in [5, 5.41) is 13.5. The van der Waals surface area contributed by atoms with Crippen molar-refractivity contribution in [3.05, 3.63) is 35.3 Å². The molecule has 3 heterocycles. The van der Waals surface area contributed by atoms with Gasteiger partial charge in [0.25, 0.3) is 0 Å². The van der Waals surface area contributed by atoms with Crippen LogP contribution in [0.15, 0.2) is 29.6 Å². The van der Waals surface area contributed by atoms with Gasteiger partial charge >= 0.3 is 0 Å². The van der Waals surface area contributed by atoms with Crippen LogP contribution in [-0.4, -0.2) is 33.5 Å². The molecule has 0 spiro atoms. The number of carbonyl (C=O) groups excluding carboxylic acids is 2. The van der Waals surface area contributed by atoms with Crippen molar-refractivity contribution in [3.63, 3.8) is 0 Å². The summed E-state index contributed by atoms with van der Waals surface area (Å²) in [7, 11) is 0. The van der Waals surface area contributed by atoms with Gasteiger partial charge < -0.3 is 5.32 Å². The molecule has 1 aliphatic heterocycles. The Balaban J connectivity index is 1.49. The minimum absolute atomic E-state index is 0.0688. The summed E-state index contributed by atoms with van der Waals surface area (Å²) in [6.45, 7) is 6.55. The number of hydrogen-bond acceptors (Lipinski definition) is 5. The number of thiazole rings is 1. The van der Waals surface area contributed by atoms with E-state index in [2.05, 4.69) is 41.3 Å². The van der Waals surface area contributed by atoms with E-state index in [1.54, 1.807) is 4.90 Å². The SMILES string of the molecule is CC(C)(C)c1csc(NC(=O)[C@H]2CC(=O)N(c3n[nH]c4ccccc34)C2)n1. The molecule has 1 saturated heterocycles. The van der Waals surface area contributed by atoms with Crippen molar-refractivity contribution in [1.82, 2.24) is 15.2 Å². The highest BCUT2D eigenvalue weighted by molar-refractivity contribution is 7.13. The van der Waals surface area contributed by atoms with Crippen molar-refractivity contribution < 1.29 is 9.59 Å². The first kappa shape index (κ1) is 17.7. The molecular weight excluding hydrogens is 362 g/mol. The second kappa shape index (κ2) is 6.45. The van der Waals surface area contributed by atoms with Crippen molar-refractivity contribution >= 4 is 45.0 Å². The van der Waals surface area contributed by atoms with E-state index in [-0.39, 0.29) is 23.7 Å². The highest BCUT2D eigenvalue weighted by Crippen LogP contribution is 2.31. The van der Waals surface area contributed by atoms with Crippen molar-refractivity contribution in [2.45, 2.75) is 32.6 Å². The molecule has 3 aromatic rings. The summed E-state index contributed by atoms with van der Waals surface area (Å²) in [6.07, 6.45) is 0.171. The minimum Gasteiger partial charge on any atom is -0.302 e. The lowest BCUT2D eigenvalue weighted by Gasteiger charge is -2.14. The van der Waals surface area contributed by atoms with E-state index < -0.39 is 5.92 Å². The highest BCUT2D eigenvalue weighted by Gasteiger charge is 2.37. The van der Waals surface area contributed by atoms with Crippen LogP contribution in [0.3, 0.4) is 0 Å². The largest absolute Gasteiger partial charge is 0.302 e. The van der Waals surface area contributed by atoms with E-state index in [9.17, 15) is 9.59 Å². The van der Waals surface area contributed by atoms with Gasteiger partial charge in [-0.05, 0) is 12.1 Å². The molecular formula is C19H21N5O2S. The minimum atomic E-state index is -0.421. The van der Waals surface area contributed by atoms with Crippen LogP contribution < -0.4 is 10.2 Å². The van der Waals surface area contributed by atoms with Gasteiger partial charge in [0.1, 0.15) is 0 Å². The van der Waals surface area contributed by atoms with Gasteiger partial charge in [-0.15, -0.1) is 11.3 Å². The number of aromatic nitrogens is 3. The summed E-state index contributed by atoms with van der Waals surface area (Å²) in [5.74, 6) is -0.118. The highest BCUT2D eigenvalue weighted by atomic mass is 32.1. The maximum atomic E-state index is 12.6. The van der Waals surface area contributed by atoms with Crippen LogP contribution in [-0.2, 0) is 15.0 Å². The number of anilines is 2. The molecule has 2 aromatic heterocycles. The zero-order valence-corrected chi connectivity index (χ0v) is 16.3. The number of nitrogens with one attached hydrogen (secondary N) is 2. The van der Waals surface area contributed by atoms with E-state index in [0.717, 1.165) is 16.6 Å². The maximum Gasteiger partial charge on any atom is 0.231 e. The van der Waals surface area contributed by atoms with Crippen LogP contribution in [0, 0.1) is 5.92 Å². The summed E-state index contributed by atoms with van der Waals surface area (Å²) >= 11 is 1.41. The van der Waals surface area contributed by atoms with Crippen LogP contribution in [0.25, 0.3) is 10.9 Å². The molecule has 0 aliphatic carbocycles. The lowest BCUT2D eigenvalue weighted by atomic mass is 9.93. The molecule has 1 aromatic carbocycles. The number of aromatic amines is 1. The number of rotatable bonds is 3. The normalized spacial score (nSPS) is 17.7. The van der Waals surface area contributed by atoms with Gasteiger partial charge in [0.15, 0.2) is 10.9 Å². The number of nitrogens with zero attached hydrogens (tertiary/aromatic N) is 3. The average Bonchev–Trinajstić information content (AvgIpc) is 3.32. The van der Waals surface area contributed by atoms with Crippen LogP contribution in [0.5, 0.6) is 0 Å². The molecule has 2 amide bonds. The molecule has 2 N–H and O–H groups in total. The van der Waals surface area contributed by atoms with E-state index in [0.29, 0.717) is 17.5 Å². The Morgan fingerprint density at radius 1 is 1.33 bits per heavy atom. The van der Waals surface area contributed by atoms with Gasteiger partial charge in [-0.25, -0.2) is 4.98 Å². The number of amides is 2. The lowest BCUT2D eigenvalue weighted by Crippen LogP contribution is -2.28. The third-order valence-corrected chi connectivity index (χ3v) is 5.46. The summed E-state index contributed by atoms with van der Waals surface area (Å²) < 4.78 is 0. The lowest BCUT2D eigenvalue weighted by molar-refractivity contribution is -0.122. The van der Waals surface area contributed by atoms with Crippen molar-refractivity contribution in [1.29, 1.82) is 0 Å². The third-order valence-electron chi connectivity index (χ3n) is 4.70. The number of fused-ring (bicyclic) bond motifs is 1. The van der Waals surface area contributed by atoms with Gasteiger partial charge in [-0.3, -0.25) is 19.6 Å². The summed E-state index contributed by atoms with van der Waals surface area (Å²) in [6, 6.07) is 7.64. The average molecular weight is 383 g/mol. The Kier molecular flexibility index (Phi) is 4.22. The van der Waals surface area contributed by atoms with Crippen molar-refractivity contribution in [2.75, 3.05) is 16.8 Å². The van der Waals surface area contributed by atoms with Crippen LogP contribution in [0.4, 0.5) is 10.9 Å². The molecule has 1 aliphatic rings. The first-order chi connectivity index (χ1) is 12.8. The topological polar surface area (TPSA) is 91.0 Å². The first-order valence-corrected chi connectivity index (χ1v) is 9.71. The summed E-state index contributed by atoms with van der Waals surface area (Å²) in [5.41, 5.74) is 1.74. The smallest absolute Gasteiger partial charge is 0.231 e. The number of benzene rings is 1. The van der Waals surface area contributed by atoms with Gasteiger partial charge in [-0.2, -0.15) is 5.10 Å². The van der Waals surface area contributed by atoms with E-state index in [4.69, 9.17) is 0 Å². The Morgan fingerprint density at radius 2 is 2.11 bits per heavy atom. The monoisotopic (exact) mass is 383 g/mol. The zero-order chi connectivity index (χ0) is 19.2. The van der Waals surface area contributed by atoms with Crippen molar-refractivity contribution in [3.8, 4) is 0 Å². The standard InChI is InChI=1S/C19H21N5O2S/c1-19(2,3)14-10-27-18(20-14)21-17(26)11-8-15(25)24(9-11)16-12-6-4-5-7-13(12)22-23-16/h4-7,10-11H,8-9H2,1-3H3,(H,22,23)(H,20,21,26)/t11-/m0/s1. The van der Waals surface area contributed by atoms with Gasteiger partial charge in [0, 0.05) is 29.1 Å². The second-order valence-electron chi connectivity index (χ2n) is 7.78. The van der Waals surface area contributed by atoms with Gasteiger partial charge in [0.05, 0.1) is 17.1 Å². The van der Waals surface area contributed by atoms with Crippen molar-refractivity contribution in [2.24, 2.45) is 5.92 Å². The van der Waals surface area contributed by atoms with E-state index >= 15 is 0 Å². The number of H-pyrrole nitrogens is 1. The predicted molar refractivity (Wildman–Crippen MR) is 106 cm³/mol. The molecule has 7 nitrogen and oxygen atoms in total. The van der Waals surface area contributed by atoms with E-state index in [1.165, 1.54) is 11.3 Å². The number of carbonyl (C=O) groups is 2. The van der Waals surface area contributed by atoms with Gasteiger partial charge in [-0.1, -0.05) is 32.9 Å². The van der Waals surface area contributed by atoms with Crippen LogP contribution in [0.1, 0.15) is 32.9 Å². The van der Waals surface area contributed by atoms with Gasteiger partial charge in [0.2, 0.25) is 11.8 Å².